The number of amides is 1. The fourth-order valence-electron chi connectivity index (χ4n) is 2.25. The Morgan fingerprint density at radius 2 is 2.31 bits per heavy atom. The van der Waals surface area contributed by atoms with Crippen LogP contribution in [0, 0.1) is 5.41 Å². The second-order valence-electron chi connectivity index (χ2n) is 4.45. The Morgan fingerprint density at radius 3 is 2.88 bits per heavy atom. The number of aromatic amines is 1. The summed E-state index contributed by atoms with van der Waals surface area (Å²) in [6, 6.07) is 0. The van der Waals surface area contributed by atoms with E-state index in [1.165, 1.54) is 19.0 Å². The van der Waals surface area contributed by atoms with Gasteiger partial charge in [-0.05, 0) is 24.8 Å². The zero-order valence-corrected chi connectivity index (χ0v) is 9.20. The highest BCUT2D eigenvalue weighted by Gasteiger charge is 2.32. The standard InChI is InChI=1S/C10H17N5O/c11-6-10(3-1-2-4-10)7-12-9(16)8-5-13-15-14-8/h5H,1-4,6-7,11H2,(H,12,16)(H,13,14,15). The van der Waals surface area contributed by atoms with Crippen molar-refractivity contribution in [2.24, 2.45) is 11.1 Å². The van der Waals surface area contributed by atoms with Gasteiger partial charge in [0, 0.05) is 6.54 Å². The average Bonchev–Trinajstić information content (AvgIpc) is 2.98. The van der Waals surface area contributed by atoms with Gasteiger partial charge in [0.2, 0.25) is 0 Å². The molecule has 4 N–H and O–H groups in total. The quantitative estimate of drug-likeness (QED) is 0.672. The van der Waals surface area contributed by atoms with Gasteiger partial charge in [-0.15, -0.1) is 0 Å². The molecule has 1 amide bonds. The number of carbonyl (C=O) groups excluding carboxylic acids is 1. The maximum absolute atomic E-state index is 11.6. The first-order valence-corrected chi connectivity index (χ1v) is 5.60. The average molecular weight is 223 g/mol. The molecule has 6 heteroatoms. The van der Waals surface area contributed by atoms with Crippen LogP contribution in [0.3, 0.4) is 0 Å². The minimum absolute atomic E-state index is 0.0966. The first-order valence-electron chi connectivity index (χ1n) is 5.60. The molecule has 1 aliphatic carbocycles. The van der Waals surface area contributed by atoms with Crippen molar-refractivity contribution in [1.29, 1.82) is 0 Å². The van der Waals surface area contributed by atoms with Crippen molar-refractivity contribution in [1.82, 2.24) is 20.7 Å². The first kappa shape index (κ1) is 11.1. The van der Waals surface area contributed by atoms with Gasteiger partial charge in [-0.25, -0.2) is 0 Å². The van der Waals surface area contributed by atoms with Crippen LogP contribution < -0.4 is 11.1 Å². The van der Waals surface area contributed by atoms with Crippen LogP contribution in [-0.4, -0.2) is 34.4 Å². The van der Waals surface area contributed by atoms with Crippen molar-refractivity contribution in [3.63, 3.8) is 0 Å². The predicted octanol–water partition coefficient (Wildman–Crippen LogP) is 0.0536. The van der Waals surface area contributed by atoms with E-state index in [0.717, 1.165) is 12.8 Å². The highest BCUT2D eigenvalue weighted by Crippen LogP contribution is 2.36. The van der Waals surface area contributed by atoms with Crippen LogP contribution in [0.25, 0.3) is 0 Å². The number of rotatable bonds is 4. The molecule has 1 heterocycles. The molecule has 0 spiro atoms. The number of nitrogens with two attached hydrogens (primary N) is 1. The second-order valence-corrected chi connectivity index (χ2v) is 4.45. The molecule has 0 saturated heterocycles. The minimum Gasteiger partial charge on any atom is -0.350 e. The Hall–Kier alpha value is -1.43. The van der Waals surface area contributed by atoms with E-state index in [4.69, 9.17) is 5.73 Å². The molecule has 0 aromatic carbocycles. The number of carbonyl (C=O) groups is 1. The summed E-state index contributed by atoms with van der Waals surface area (Å²) in [6.07, 6.45) is 6.03. The summed E-state index contributed by atoms with van der Waals surface area (Å²) in [6.45, 7) is 1.27. The third-order valence-corrected chi connectivity index (χ3v) is 3.37. The van der Waals surface area contributed by atoms with Crippen LogP contribution in [0.4, 0.5) is 0 Å². The van der Waals surface area contributed by atoms with Crippen molar-refractivity contribution < 1.29 is 4.79 Å². The normalized spacial score (nSPS) is 18.6. The number of hydrogen-bond donors (Lipinski definition) is 3. The van der Waals surface area contributed by atoms with Crippen LogP contribution in [0.5, 0.6) is 0 Å². The molecule has 88 valence electrons. The van der Waals surface area contributed by atoms with Crippen molar-refractivity contribution in [3.8, 4) is 0 Å². The van der Waals surface area contributed by atoms with Gasteiger partial charge in [-0.2, -0.15) is 15.4 Å². The number of H-pyrrole nitrogens is 1. The molecule has 1 aliphatic rings. The van der Waals surface area contributed by atoms with E-state index in [1.807, 2.05) is 0 Å². The summed E-state index contributed by atoms with van der Waals surface area (Å²) in [5.74, 6) is -0.187. The van der Waals surface area contributed by atoms with Gasteiger partial charge >= 0.3 is 0 Å². The Labute approximate surface area is 94.0 Å². The maximum Gasteiger partial charge on any atom is 0.273 e. The molecule has 0 aliphatic heterocycles. The van der Waals surface area contributed by atoms with Crippen molar-refractivity contribution >= 4 is 5.91 Å². The SMILES string of the molecule is NCC1(CNC(=O)c2cn[nH]n2)CCCC1. The third-order valence-electron chi connectivity index (χ3n) is 3.37. The predicted molar refractivity (Wildman–Crippen MR) is 58.7 cm³/mol. The van der Waals surface area contributed by atoms with E-state index < -0.39 is 0 Å². The lowest BCUT2D eigenvalue weighted by atomic mass is 9.86. The topological polar surface area (TPSA) is 96.7 Å². The summed E-state index contributed by atoms with van der Waals surface area (Å²) < 4.78 is 0. The van der Waals surface area contributed by atoms with Crippen LogP contribution in [0.1, 0.15) is 36.2 Å². The van der Waals surface area contributed by atoms with Gasteiger partial charge in [0.1, 0.15) is 0 Å². The van der Waals surface area contributed by atoms with Crippen molar-refractivity contribution in [3.05, 3.63) is 11.9 Å². The van der Waals surface area contributed by atoms with Gasteiger partial charge in [0.25, 0.3) is 5.91 Å². The van der Waals surface area contributed by atoms with Crippen LogP contribution in [0.2, 0.25) is 0 Å². The van der Waals surface area contributed by atoms with Gasteiger partial charge in [0.15, 0.2) is 5.69 Å². The largest absolute Gasteiger partial charge is 0.350 e. The van der Waals surface area contributed by atoms with E-state index in [1.54, 1.807) is 0 Å². The molecular formula is C10H17N5O. The summed E-state index contributed by atoms with van der Waals surface area (Å²) in [4.78, 5) is 11.6. The lowest BCUT2D eigenvalue weighted by Gasteiger charge is -2.27. The molecule has 0 radical (unpaired) electrons. The van der Waals surface area contributed by atoms with Crippen LogP contribution in [0.15, 0.2) is 6.20 Å². The third kappa shape index (κ3) is 2.21. The Morgan fingerprint density at radius 1 is 1.56 bits per heavy atom. The molecule has 1 saturated carbocycles. The van der Waals surface area contributed by atoms with Gasteiger partial charge in [-0.3, -0.25) is 4.79 Å². The Balaban J connectivity index is 1.89. The fraction of sp³-hybridized carbons (Fsp3) is 0.700. The van der Waals surface area contributed by atoms with E-state index in [2.05, 4.69) is 20.7 Å². The minimum atomic E-state index is -0.187. The Bertz CT molecular complexity index is 342. The summed E-state index contributed by atoms with van der Waals surface area (Å²) in [5, 5.41) is 12.6. The molecule has 1 aromatic heterocycles. The number of aromatic nitrogens is 3. The van der Waals surface area contributed by atoms with Gasteiger partial charge < -0.3 is 11.1 Å². The number of hydrogen-bond acceptors (Lipinski definition) is 4. The lowest BCUT2D eigenvalue weighted by molar-refractivity contribution is 0.0927. The van der Waals surface area contributed by atoms with E-state index >= 15 is 0 Å². The lowest BCUT2D eigenvalue weighted by Crippen LogP contribution is -2.40. The van der Waals surface area contributed by atoms with Crippen LogP contribution in [-0.2, 0) is 0 Å². The van der Waals surface area contributed by atoms with E-state index in [0.29, 0.717) is 18.8 Å². The number of nitrogens with one attached hydrogen (secondary N) is 2. The molecular weight excluding hydrogens is 206 g/mol. The zero-order valence-electron chi connectivity index (χ0n) is 9.20. The second kappa shape index (κ2) is 4.61. The summed E-state index contributed by atoms with van der Waals surface area (Å²) in [7, 11) is 0. The molecule has 0 bridgehead atoms. The smallest absolute Gasteiger partial charge is 0.273 e. The first-order chi connectivity index (χ1) is 7.76. The summed E-state index contributed by atoms with van der Waals surface area (Å²) in [5.41, 5.74) is 6.21. The highest BCUT2D eigenvalue weighted by atomic mass is 16.1. The monoisotopic (exact) mass is 223 g/mol. The fourth-order valence-corrected chi connectivity index (χ4v) is 2.25. The zero-order chi connectivity index (χ0) is 11.4. The van der Waals surface area contributed by atoms with Crippen LogP contribution >= 0.6 is 0 Å². The molecule has 1 fully saturated rings. The van der Waals surface area contributed by atoms with E-state index in [9.17, 15) is 4.79 Å². The summed E-state index contributed by atoms with van der Waals surface area (Å²) >= 11 is 0. The Kier molecular flexibility index (Phi) is 3.19. The van der Waals surface area contributed by atoms with Gasteiger partial charge in [0.05, 0.1) is 6.20 Å². The molecule has 2 rings (SSSR count). The molecule has 6 nitrogen and oxygen atoms in total. The highest BCUT2D eigenvalue weighted by molar-refractivity contribution is 5.91. The molecule has 16 heavy (non-hydrogen) atoms. The molecule has 0 unspecified atom stereocenters. The van der Waals surface area contributed by atoms with Crippen molar-refractivity contribution in [2.75, 3.05) is 13.1 Å². The van der Waals surface area contributed by atoms with E-state index in [-0.39, 0.29) is 11.3 Å². The van der Waals surface area contributed by atoms with Gasteiger partial charge in [-0.1, -0.05) is 12.8 Å². The molecule has 0 atom stereocenters. The number of nitrogens with zero attached hydrogens (tertiary/aromatic N) is 2. The maximum atomic E-state index is 11.6. The molecule has 1 aromatic rings. The van der Waals surface area contributed by atoms with Crippen molar-refractivity contribution in [2.45, 2.75) is 25.7 Å².